The highest BCUT2D eigenvalue weighted by molar-refractivity contribution is 5.24. The predicted molar refractivity (Wildman–Crippen MR) is 79.8 cm³/mol. The second kappa shape index (κ2) is 9.96. The third-order valence-corrected chi connectivity index (χ3v) is 3.27. The summed E-state index contributed by atoms with van der Waals surface area (Å²) < 4.78 is 10.5. The molecular formula is C16H27NO2. The van der Waals surface area contributed by atoms with E-state index in [-0.39, 0.29) is 0 Å². The minimum atomic E-state index is 0.566. The fourth-order valence-corrected chi connectivity index (χ4v) is 2.15. The molecule has 3 nitrogen and oxygen atoms in total. The second-order valence-corrected chi connectivity index (χ2v) is 4.91. The first kappa shape index (κ1) is 16.2. The van der Waals surface area contributed by atoms with Crippen LogP contribution in [0.3, 0.4) is 0 Å². The molecule has 0 fully saturated rings. The van der Waals surface area contributed by atoms with Gasteiger partial charge < -0.3 is 14.8 Å². The lowest BCUT2D eigenvalue weighted by Gasteiger charge is -2.17. The summed E-state index contributed by atoms with van der Waals surface area (Å²) in [7, 11) is 3.71. The molecule has 0 aliphatic rings. The Morgan fingerprint density at radius 2 is 1.84 bits per heavy atom. The van der Waals surface area contributed by atoms with E-state index in [0.29, 0.717) is 19.1 Å². The number of rotatable bonds is 10. The number of ether oxygens (including phenoxy) is 2. The van der Waals surface area contributed by atoms with Crippen LogP contribution in [-0.4, -0.2) is 40.5 Å². The van der Waals surface area contributed by atoms with Crippen LogP contribution in [-0.2, 0) is 9.47 Å². The molecule has 0 aliphatic heterocycles. The van der Waals surface area contributed by atoms with E-state index < -0.39 is 0 Å². The lowest BCUT2D eigenvalue weighted by atomic mass is 9.93. The van der Waals surface area contributed by atoms with Crippen LogP contribution in [0.2, 0.25) is 0 Å². The summed E-state index contributed by atoms with van der Waals surface area (Å²) in [6, 6.07) is 8.85. The maximum absolute atomic E-state index is 5.51. The smallest absolute Gasteiger partial charge is 0.0700 e. The molecule has 0 heterocycles. The van der Waals surface area contributed by atoms with Crippen molar-refractivity contribution in [3.05, 3.63) is 35.4 Å². The van der Waals surface area contributed by atoms with Gasteiger partial charge in [-0.25, -0.2) is 0 Å². The van der Waals surface area contributed by atoms with Crippen molar-refractivity contribution in [3.8, 4) is 0 Å². The summed E-state index contributed by atoms with van der Waals surface area (Å²) in [6.45, 7) is 5.33. The van der Waals surface area contributed by atoms with Gasteiger partial charge >= 0.3 is 0 Å². The summed E-state index contributed by atoms with van der Waals surface area (Å²) in [6.07, 6.45) is 2.24. The van der Waals surface area contributed by atoms with Crippen molar-refractivity contribution < 1.29 is 9.47 Å². The first-order valence-corrected chi connectivity index (χ1v) is 7.05. The highest BCUT2D eigenvalue weighted by atomic mass is 16.5. The topological polar surface area (TPSA) is 30.5 Å². The van der Waals surface area contributed by atoms with Gasteiger partial charge in [0.05, 0.1) is 13.2 Å². The van der Waals surface area contributed by atoms with Crippen LogP contribution < -0.4 is 5.32 Å². The molecule has 0 aliphatic carbocycles. The van der Waals surface area contributed by atoms with Gasteiger partial charge in [0.25, 0.3) is 0 Å². The van der Waals surface area contributed by atoms with Crippen molar-refractivity contribution in [2.24, 2.45) is 0 Å². The van der Waals surface area contributed by atoms with Gasteiger partial charge in [0.1, 0.15) is 0 Å². The number of methoxy groups -OCH3 is 1. The van der Waals surface area contributed by atoms with Crippen LogP contribution >= 0.6 is 0 Å². The van der Waals surface area contributed by atoms with Gasteiger partial charge in [-0.15, -0.1) is 0 Å². The summed E-state index contributed by atoms with van der Waals surface area (Å²) >= 11 is 0. The number of hydrogen-bond acceptors (Lipinski definition) is 3. The molecule has 1 unspecified atom stereocenters. The molecule has 0 aromatic heterocycles. The third-order valence-electron chi connectivity index (χ3n) is 3.27. The maximum Gasteiger partial charge on any atom is 0.0700 e. The van der Waals surface area contributed by atoms with E-state index in [4.69, 9.17) is 9.47 Å². The van der Waals surface area contributed by atoms with Gasteiger partial charge in [-0.3, -0.25) is 0 Å². The molecule has 0 saturated carbocycles. The zero-order valence-corrected chi connectivity index (χ0v) is 12.4. The molecular weight excluding hydrogens is 238 g/mol. The van der Waals surface area contributed by atoms with E-state index in [0.717, 1.165) is 26.0 Å². The highest BCUT2D eigenvalue weighted by Gasteiger charge is 2.10. The summed E-state index contributed by atoms with van der Waals surface area (Å²) in [5.41, 5.74) is 2.73. The van der Waals surface area contributed by atoms with Gasteiger partial charge in [0, 0.05) is 20.3 Å². The molecule has 0 amide bonds. The van der Waals surface area contributed by atoms with Crippen LogP contribution in [0.4, 0.5) is 0 Å². The van der Waals surface area contributed by atoms with Crippen LogP contribution in [0.5, 0.6) is 0 Å². The summed E-state index contributed by atoms with van der Waals surface area (Å²) in [4.78, 5) is 0. The Labute approximate surface area is 117 Å². The SMILES string of the molecule is CNCC(CCCOCCOC)c1ccc(C)cc1. The minimum Gasteiger partial charge on any atom is -0.382 e. The quantitative estimate of drug-likeness (QED) is 0.660. The molecule has 108 valence electrons. The standard InChI is InChI=1S/C16H27NO2/c1-14-6-8-15(9-7-14)16(13-17-2)5-4-10-19-12-11-18-3/h6-9,16-17H,4-5,10-13H2,1-3H3. The zero-order chi connectivity index (χ0) is 13.9. The Morgan fingerprint density at radius 3 is 2.47 bits per heavy atom. The Kier molecular flexibility index (Phi) is 8.47. The van der Waals surface area contributed by atoms with Gasteiger partial charge in [0.2, 0.25) is 0 Å². The molecule has 1 rings (SSSR count). The van der Waals surface area contributed by atoms with Gasteiger partial charge in [-0.2, -0.15) is 0 Å². The third kappa shape index (κ3) is 6.71. The Bertz CT molecular complexity index is 324. The number of hydrogen-bond donors (Lipinski definition) is 1. The Hall–Kier alpha value is -0.900. The molecule has 19 heavy (non-hydrogen) atoms. The van der Waals surface area contributed by atoms with Crippen molar-refractivity contribution in [2.45, 2.75) is 25.7 Å². The van der Waals surface area contributed by atoms with E-state index >= 15 is 0 Å². The molecule has 1 atom stereocenters. The first-order chi connectivity index (χ1) is 9.27. The number of benzene rings is 1. The average Bonchev–Trinajstić information content (AvgIpc) is 2.42. The Balaban J connectivity index is 2.34. The van der Waals surface area contributed by atoms with Crippen molar-refractivity contribution in [1.82, 2.24) is 5.32 Å². The predicted octanol–water partition coefficient (Wildman–Crippen LogP) is 2.74. The van der Waals surface area contributed by atoms with Crippen molar-refractivity contribution in [2.75, 3.05) is 40.5 Å². The first-order valence-electron chi connectivity index (χ1n) is 7.05. The van der Waals surface area contributed by atoms with Gasteiger partial charge in [-0.05, 0) is 38.3 Å². The van der Waals surface area contributed by atoms with Crippen molar-refractivity contribution in [1.29, 1.82) is 0 Å². The Morgan fingerprint density at radius 1 is 1.11 bits per heavy atom. The van der Waals surface area contributed by atoms with E-state index in [9.17, 15) is 0 Å². The molecule has 0 spiro atoms. The van der Waals surface area contributed by atoms with E-state index in [1.54, 1.807) is 7.11 Å². The molecule has 0 bridgehead atoms. The molecule has 1 N–H and O–H groups in total. The average molecular weight is 265 g/mol. The van der Waals surface area contributed by atoms with Crippen LogP contribution in [0.25, 0.3) is 0 Å². The number of nitrogens with one attached hydrogen (secondary N) is 1. The number of likely N-dealkylation sites (N-methyl/N-ethyl adjacent to an activating group) is 1. The molecule has 1 aromatic rings. The van der Waals surface area contributed by atoms with Gasteiger partial charge in [0.15, 0.2) is 0 Å². The van der Waals surface area contributed by atoms with E-state index in [1.165, 1.54) is 11.1 Å². The van der Waals surface area contributed by atoms with Crippen molar-refractivity contribution >= 4 is 0 Å². The summed E-state index contributed by atoms with van der Waals surface area (Å²) in [5, 5.41) is 3.28. The van der Waals surface area contributed by atoms with Crippen LogP contribution in [0, 0.1) is 6.92 Å². The second-order valence-electron chi connectivity index (χ2n) is 4.91. The highest BCUT2D eigenvalue weighted by Crippen LogP contribution is 2.21. The zero-order valence-electron chi connectivity index (χ0n) is 12.4. The molecule has 3 heteroatoms. The maximum atomic E-state index is 5.51. The fraction of sp³-hybridized carbons (Fsp3) is 0.625. The largest absolute Gasteiger partial charge is 0.382 e. The van der Waals surface area contributed by atoms with E-state index in [2.05, 4.69) is 36.5 Å². The molecule has 1 aromatic carbocycles. The monoisotopic (exact) mass is 265 g/mol. The van der Waals surface area contributed by atoms with Crippen LogP contribution in [0.1, 0.15) is 29.9 Å². The lowest BCUT2D eigenvalue weighted by molar-refractivity contribution is 0.0681. The number of aryl methyl sites for hydroxylation is 1. The van der Waals surface area contributed by atoms with E-state index in [1.807, 2.05) is 7.05 Å². The minimum absolute atomic E-state index is 0.566. The normalized spacial score (nSPS) is 12.6. The van der Waals surface area contributed by atoms with Gasteiger partial charge in [-0.1, -0.05) is 29.8 Å². The summed E-state index contributed by atoms with van der Waals surface area (Å²) in [5.74, 6) is 0.566. The molecule has 0 saturated heterocycles. The lowest BCUT2D eigenvalue weighted by Crippen LogP contribution is -2.18. The fourth-order valence-electron chi connectivity index (χ4n) is 2.15. The van der Waals surface area contributed by atoms with Crippen molar-refractivity contribution in [3.63, 3.8) is 0 Å². The van der Waals surface area contributed by atoms with Crippen LogP contribution in [0.15, 0.2) is 24.3 Å². The molecule has 0 radical (unpaired) electrons.